The second kappa shape index (κ2) is 8.33. The molecule has 0 bridgehead atoms. The predicted octanol–water partition coefficient (Wildman–Crippen LogP) is 1.16. The van der Waals surface area contributed by atoms with Crippen molar-refractivity contribution >= 4 is 35.8 Å². The van der Waals surface area contributed by atoms with Crippen LogP contribution in [-0.4, -0.2) is 74.7 Å². The summed E-state index contributed by atoms with van der Waals surface area (Å²) in [6, 6.07) is 0.301. The van der Waals surface area contributed by atoms with E-state index in [-0.39, 0.29) is 36.4 Å². The van der Waals surface area contributed by atoms with Crippen LogP contribution in [0.4, 0.5) is 0 Å². The highest BCUT2D eigenvalue weighted by Gasteiger charge is 2.42. The third kappa shape index (κ3) is 4.97. The maximum absolute atomic E-state index is 11.8. The maximum Gasteiger partial charge on any atom is 0.243 e. The van der Waals surface area contributed by atoms with Gasteiger partial charge in [-0.05, 0) is 26.7 Å². The lowest BCUT2D eigenvalue weighted by molar-refractivity contribution is -0.127. The molecule has 0 aliphatic carbocycles. The molecule has 6 nitrogen and oxygen atoms in total. The average molecular weight is 424 g/mol. The monoisotopic (exact) mass is 424 g/mol. The average Bonchev–Trinajstić information content (AvgIpc) is 3.04. The molecule has 1 spiro atoms. The van der Waals surface area contributed by atoms with E-state index >= 15 is 0 Å². The van der Waals surface area contributed by atoms with Gasteiger partial charge in [0.1, 0.15) is 6.54 Å². The number of nitrogens with one attached hydrogen (secondary N) is 1. The first-order valence-corrected chi connectivity index (χ1v) is 7.76. The first kappa shape index (κ1) is 19.5. The fourth-order valence-electron chi connectivity index (χ4n) is 2.87. The number of ether oxygens (including phenoxy) is 1. The number of amides is 1. The van der Waals surface area contributed by atoms with Crippen molar-refractivity contribution in [2.24, 2.45) is 10.4 Å². The van der Waals surface area contributed by atoms with Crippen molar-refractivity contribution in [1.29, 1.82) is 0 Å². The number of carbonyl (C=O) groups excluding carboxylic acids is 1. The molecule has 0 aromatic heterocycles. The van der Waals surface area contributed by atoms with Gasteiger partial charge in [0.15, 0.2) is 5.96 Å². The Labute approximate surface area is 150 Å². The molecule has 2 heterocycles. The third-order valence-electron chi connectivity index (χ3n) is 4.20. The fraction of sp³-hybridized carbons (Fsp3) is 0.867. The molecule has 1 unspecified atom stereocenters. The lowest BCUT2D eigenvalue weighted by atomic mass is 9.87. The van der Waals surface area contributed by atoms with Crippen molar-refractivity contribution in [3.63, 3.8) is 0 Å². The largest absolute Gasteiger partial charge is 0.381 e. The van der Waals surface area contributed by atoms with Gasteiger partial charge < -0.3 is 19.9 Å². The SMILES string of the molecule is CC(C)NC(=NCC(=O)N(C)C)N1CCC2(CCOC2)C1.I. The molecule has 1 amide bonds. The summed E-state index contributed by atoms with van der Waals surface area (Å²) in [6.07, 6.45) is 2.28. The van der Waals surface area contributed by atoms with Crippen molar-refractivity contribution in [3.8, 4) is 0 Å². The number of hydrogen-bond donors (Lipinski definition) is 1. The topological polar surface area (TPSA) is 57.2 Å². The Hall–Kier alpha value is -0.570. The van der Waals surface area contributed by atoms with Crippen LogP contribution in [0.5, 0.6) is 0 Å². The number of guanidine groups is 1. The van der Waals surface area contributed by atoms with Gasteiger partial charge in [-0.3, -0.25) is 4.79 Å². The van der Waals surface area contributed by atoms with Gasteiger partial charge in [-0.15, -0.1) is 24.0 Å². The smallest absolute Gasteiger partial charge is 0.243 e. The molecule has 1 N–H and O–H groups in total. The van der Waals surface area contributed by atoms with Crippen LogP contribution in [0.3, 0.4) is 0 Å². The van der Waals surface area contributed by atoms with Crippen molar-refractivity contribution < 1.29 is 9.53 Å². The number of likely N-dealkylation sites (tertiary alicyclic amines) is 1. The molecular weight excluding hydrogens is 395 g/mol. The number of carbonyl (C=O) groups is 1. The van der Waals surface area contributed by atoms with Gasteiger partial charge in [0.2, 0.25) is 5.91 Å². The molecule has 22 heavy (non-hydrogen) atoms. The summed E-state index contributed by atoms with van der Waals surface area (Å²) < 4.78 is 5.57. The van der Waals surface area contributed by atoms with Crippen molar-refractivity contribution in [2.75, 3.05) is 46.9 Å². The fourth-order valence-corrected chi connectivity index (χ4v) is 2.87. The minimum atomic E-state index is 0. The standard InChI is InChI=1S/C15H28N4O2.HI/c1-12(2)17-14(16-9-13(20)18(3)4)19-7-5-15(10-19)6-8-21-11-15;/h12H,5-11H2,1-4H3,(H,16,17);1H. The zero-order valence-electron chi connectivity index (χ0n) is 14.1. The van der Waals surface area contributed by atoms with E-state index in [9.17, 15) is 4.79 Å². The summed E-state index contributed by atoms with van der Waals surface area (Å²) in [4.78, 5) is 20.1. The predicted molar refractivity (Wildman–Crippen MR) is 98.7 cm³/mol. The van der Waals surface area contributed by atoms with Gasteiger partial charge in [-0.2, -0.15) is 0 Å². The van der Waals surface area contributed by atoms with Crippen LogP contribution in [0.15, 0.2) is 4.99 Å². The zero-order valence-corrected chi connectivity index (χ0v) is 16.4. The summed E-state index contributed by atoms with van der Waals surface area (Å²) in [5.74, 6) is 0.875. The Balaban J connectivity index is 0.00000242. The van der Waals surface area contributed by atoms with E-state index in [0.717, 1.165) is 45.1 Å². The molecule has 128 valence electrons. The van der Waals surface area contributed by atoms with Crippen LogP contribution in [-0.2, 0) is 9.53 Å². The highest BCUT2D eigenvalue weighted by Crippen LogP contribution is 2.38. The summed E-state index contributed by atoms with van der Waals surface area (Å²) in [7, 11) is 3.52. The molecular formula is C15H29IN4O2. The van der Waals surface area contributed by atoms with Gasteiger partial charge in [0.25, 0.3) is 0 Å². The van der Waals surface area contributed by atoms with Gasteiger partial charge in [-0.1, -0.05) is 0 Å². The number of aliphatic imine (C=N–C) groups is 1. The minimum Gasteiger partial charge on any atom is -0.381 e. The molecule has 2 saturated heterocycles. The molecule has 1 atom stereocenters. The van der Waals surface area contributed by atoms with E-state index in [0.29, 0.717) is 11.5 Å². The van der Waals surface area contributed by atoms with E-state index < -0.39 is 0 Å². The second-order valence-corrected chi connectivity index (χ2v) is 6.70. The van der Waals surface area contributed by atoms with Crippen molar-refractivity contribution in [2.45, 2.75) is 32.7 Å². The lowest BCUT2D eigenvalue weighted by Crippen LogP contribution is -2.44. The third-order valence-corrected chi connectivity index (χ3v) is 4.20. The van der Waals surface area contributed by atoms with Crippen LogP contribution in [0.1, 0.15) is 26.7 Å². The van der Waals surface area contributed by atoms with Gasteiger partial charge in [-0.25, -0.2) is 4.99 Å². The summed E-state index contributed by atoms with van der Waals surface area (Å²) in [5, 5.41) is 3.39. The van der Waals surface area contributed by atoms with Gasteiger partial charge in [0.05, 0.1) is 6.61 Å². The molecule has 2 rings (SSSR count). The van der Waals surface area contributed by atoms with E-state index in [1.54, 1.807) is 19.0 Å². The van der Waals surface area contributed by atoms with Crippen LogP contribution >= 0.6 is 24.0 Å². The molecule has 2 aliphatic heterocycles. The highest BCUT2D eigenvalue weighted by atomic mass is 127. The van der Waals surface area contributed by atoms with Crippen LogP contribution in [0.25, 0.3) is 0 Å². The summed E-state index contributed by atoms with van der Waals surface area (Å²) in [6.45, 7) is 8.07. The first-order valence-electron chi connectivity index (χ1n) is 7.76. The maximum atomic E-state index is 11.8. The van der Waals surface area contributed by atoms with Crippen molar-refractivity contribution in [1.82, 2.24) is 15.1 Å². The van der Waals surface area contributed by atoms with Crippen molar-refractivity contribution in [3.05, 3.63) is 0 Å². The summed E-state index contributed by atoms with van der Waals surface area (Å²) in [5.41, 5.74) is 0.297. The van der Waals surface area contributed by atoms with Crippen LogP contribution in [0, 0.1) is 5.41 Å². The Morgan fingerprint density at radius 1 is 1.41 bits per heavy atom. The molecule has 7 heteroatoms. The first-order chi connectivity index (χ1) is 9.92. The van der Waals surface area contributed by atoms with E-state index in [4.69, 9.17) is 4.74 Å². The number of halogens is 1. The molecule has 0 saturated carbocycles. The molecule has 2 aliphatic rings. The van der Waals surface area contributed by atoms with Gasteiger partial charge in [0, 0.05) is 45.2 Å². The molecule has 2 fully saturated rings. The van der Waals surface area contributed by atoms with E-state index in [1.807, 2.05) is 0 Å². The second-order valence-electron chi connectivity index (χ2n) is 6.70. The Morgan fingerprint density at radius 2 is 2.14 bits per heavy atom. The van der Waals surface area contributed by atoms with Gasteiger partial charge >= 0.3 is 0 Å². The quantitative estimate of drug-likeness (QED) is 0.420. The Bertz CT molecular complexity index is 406. The van der Waals surface area contributed by atoms with Crippen LogP contribution in [0.2, 0.25) is 0 Å². The number of rotatable bonds is 3. The highest BCUT2D eigenvalue weighted by molar-refractivity contribution is 14.0. The Morgan fingerprint density at radius 3 is 2.68 bits per heavy atom. The molecule has 0 aromatic carbocycles. The number of hydrogen-bond acceptors (Lipinski definition) is 3. The zero-order chi connectivity index (χ0) is 15.5. The van der Waals surface area contributed by atoms with E-state index in [1.165, 1.54) is 0 Å². The number of likely N-dealkylation sites (N-methyl/N-ethyl adjacent to an activating group) is 1. The Kier molecular flexibility index (Phi) is 7.37. The van der Waals surface area contributed by atoms with E-state index in [2.05, 4.69) is 29.1 Å². The lowest BCUT2D eigenvalue weighted by Gasteiger charge is -2.26. The normalized spacial score (nSPS) is 24.8. The summed E-state index contributed by atoms with van der Waals surface area (Å²) >= 11 is 0. The minimum absolute atomic E-state index is 0. The molecule has 0 aromatic rings. The number of nitrogens with zero attached hydrogens (tertiary/aromatic N) is 3. The van der Waals surface area contributed by atoms with Crippen LogP contribution < -0.4 is 5.32 Å². The molecule has 0 radical (unpaired) electrons.